The van der Waals surface area contributed by atoms with Crippen LogP contribution >= 0.6 is 0 Å². The van der Waals surface area contributed by atoms with E-state index in [0.717, 1.165) is 36.0 Å². The van der Waals surface area contributed by atoms with E-state index in [-0.39, 0.29) is 11.5 Å². The van der Waals surface area contributed by atoms with E-state index in [1.807, 2.05) is 6.92 Å². The van der Waals surface area contributed by atoms with Gasteiger partial charge in [0.15, 0.2) is 5.75 Å². The van der Waals surface area contributed by atoms with Crippen molar-refractivity contribution in [3.8, 4) is 11.7 Å². The maximum Gasteiger partial charge on any atom is 0.277 e. The molecular weight excluding hydrogens is 352 g/mol. The van der Waals surface area contributed by atoms with E-state index in [1.54, 1.807) is 13.3 Å². The highest BCUT2D eigenvalue weighted by Gasteiger charge is 2.25. The summed E-state index contributed by atoms with van der Waals surface area (Å²) in [7, 11) is 1.55. The fraction of sp³-hybridized carbons (Fsp3) is 0.364. The molecule has 0 saturated heterocycles. The topological polar surface area (TPSA) is 69.9 Å². The average molecular weight is 378 g/mol. The van der Waals surface area contributed by atoms with Crippen molar-refractivity contribution < 1.29 is 4.74 Å². The molecule has 0 aliphatic heterocycles. The fourth-order valence-corrected chi connectivity index (χ4v) is 3.82. The first kappa shape index (κ1) is 19.7. The van der Waals surface area contributed by atoms with Gasteiger partial charge in [-0.05, 0) is 62.7 Å². The molecule has 0 aromatic carbocycles. The summed E-state index contributed by atoms with van der Waals surface area (Å²) in [6.45, 7) is 10.2. The van der Waals surface area contributed by atoms with Gasteiger partial charge in [-0.2, -0.15) is 9.78 Å². The third kappa shape index (κ3) is 3.96. The zero-order valence-corrected chi connectivity index (χ0v) is 16.9. The van der Waals surface area contributed by atoms with E-state index in [0.29, 0.717) is 11.7 Å². The molecule has 0 bridgehead atoms. The van der Waals surface area contributed by atoms with Gasteiger partial charge in [-0.3, -0.25) is 4.79 Å². The van der Waals surface area contributed by atoms with E-state index >= 15 is 0 Å². The molecule has 0 fully saturated rings. The maximum absolute atomic E-state index is 12.9. The molecular formula is C22H26N4O2. The Kier molecular flexibility index (Phi) is 5.87. The van der Waals surface area contributed by atoms with Gasteiger partial charge < -0.3 is 4.74 Å². The van der Waals surface area contributed by atoms with Crippen molar-refractivity contribution >= 4 is 0 Å². The maximum atomic E-state index is 12.9. The second-order valence-electron chi connectivity index (χ2n) is 7.15. The minimum atomic E-state index is -0.141. The van der Waals surface area contributed by atoms with Crippen LogP contribution < -0.4 is 10.3 Å². The zero-order chi connectivity index (χ0) is 20.3. The van der Waals surface area contributed by atoms with Crippen LogP contribution in [0.5, 0.6) is 5.75 Å². The molecule has 146 valence electrons. The van der Waals surface area contributed by atoms with E-state index in [4.69, 9.17) is 4.74 Å². The van der Waals surface area contributed by atoms with Crippen molar-refractivity contribution in [1.82, 2.24) is 19.7 Å². The lowest BCUT2D eigenvalue weighted by atomic mass is 9.78. The molecule has 3 rings (SSSR count). The normalized spacial score (nSPS) is 17.2. The predicted octanol–water partition coefficient (Wildman–Crippen LogP) is 3.60. The van der Waals surface area contributed by atoms with Gasteiger partial charge in [-0.1, -0.05) is 24.3 Å². The van der Waals surface area contributed by atoms with Gasteiger partial charge in [-0.15, -0.1) is 0 Å². The average Bonchev–Trinajstić information content (AvgIpc) is 2.68. The number of methoxy groups -OCH3 is 1. The zero-order valence-electron chi connectivity index (χ0n) is 16.9. The second kappa shape index (κ2) is 8.33. The molecule has 0 radical (unpaired) electrons. The Labute approximate surface area is 165 Å². The summed E-state index contributed by atoms with van der Waals surface area (Å²) in [5.41, 5.74) is 5.26. The Hall–Kier alpha value is -3.02. The molecule has 2 heterocycles. The lowest BCUT2D eigenvalue weighted by Gasteiger charge is -2.27. The van der Waals surface area contributed by atoms with Crippen LogP contribution in [0.15, 0.2) is 58.8 Å². The van der Waals surface area contributed by atoms with Crippen molar-refractivity contribution in [2.24, 2.45) is 5.92 Å². The van der Waals surface area contributed by atoms with Gasteiger partial charge >= 0.3 is 0 Å². The Morgan fingerprint density at radius 1 is 1.29 bits per heavy atom. The van der Waals surface area contributed by atoms with Crippen LogP contribution in [0.25, 0.3) is 5.95 Å². The lowest BCUT2D eigenvalue weighted by Crippen LogP contribution is -2.31. The Morgan fingerprint density at radius 2 is 2.00 bits per heavy atom. The highest BCUT2D eigenvalue weighted by Crippen LogP contribution is 2.32. The molecule has 0 spiro atoms. The van der Waals surface area contributed by atoms with Gasteiger partial charge in [0.25, 0.3) is 11.5 Å². The first-order chi connectivity index (χ1) is 13.4. The summed E-state index contributed by atoms with van der Waals surface area (Å²) >= 11 is 0. The molecule has 28 heavy (non-hydrogen) atoms. The van der Waals surface area contributed by atoms with Crippen molar-refractivity contribution in [2.45, 2.75) is 40.0 Å². The molecule has 1 atom stereocenters. The summed E-state index contributed by atoms with van der Waals surface area (Å²) in [4.78, 5) is 21.3. The first-order valence-corrected chi connectivity index (χ1v) is 9.41. The summed E-state index contributed by atoms with van der Waals surface area (Å²) in [5, 5.41) is 4.32. The van der Waals surface area contributed by atoms with Gasteiger partial charge in [0, 0.05) is 5.56 Å². The molecule has 2 aromatic heterocycles. The van der Waals surface area contributed by atoms with Crippen LogP contribution in [0.2, 0.25) is 0 Å². The van der Waals surface area contributed by atoms with Gasteiger partial charge in [-0.25, -0.2) is 9.97 Å². The standard InChI is InChI=1S/C22H26N4O2/c1-6-19(15(4)9-14(2)3)16-7-8-20-17(10-16)11-25-26(21(20)27)22-23-12-18(28-5)13-24-22/h6,9,11-13,16H,2,7-8,10H2,1,3-5H3/b15-9-,19-6+. The number of nitrogens with zero attached hydrogens (tertiary/aromatic N) is 4. The van der Waals surface area contributed by atoms with Gasteiger partial charge in [0.1, 0.15) is 0 Å². The number of fused-ring (bicyclic) bond motifs is 1. The van der Waals surface area contributed by atoms with Gasteiger partial charge in [0.2, 0.25) is 0 Å². The minimum Gasteiger partial charge on any atom is -0.494 e. The summed E-state index contributed by atoms with van der Waals surface area (Å²) in [5.74, 6) is 1.17. The molecule has 1 aliphatic carbocycles. The predicted molar refractivity (Wildman–Crippen MR) is 110 cm³/mol. The van der Waals surface area contributed by atoms with Crippen LogP contribution in [0.3, 0.4) is 0 Å². The summed E-state index contributed by atoms with van der Waals surface area (Å²) < 4.78 is 6.33. The first-order valence-electron chi connectivity index (χ1n) is 9.41. The Balaban J connectivity index is 1.90. The molecule has 0 N–H and O–H groups in total. The Morgan fingerprint density at radius 3 is 2.61 bits per heavy atom. The van der Waals surface area contributed by atoms with Crippen molar-refractivity contribution in [3.63, 3.8) is 0 Å². The third-order valence-corrected chi connectivity index (χ3v) is 5.09. The van der Waals surface area contributed by atoms with Crippen LogP contribution in [-0.2, 0) is 12.8 Å². The van der Waals surface area contributed by atoms with Crippen LogP contribution in [0, 0.1) is 5.92 Å². The largest absolute Gasteiger partial charge is 0.494 e. The SMILES string of the molecule is C=C(C)/C=C(C)\C(=C/C)C1CCc2c(cnn(-c3ncc(OC)cn3)c2=O)C1. The van der Waals surface area contributed by atoms with Gasteiger partial charge in [0.05, 0.1) is 25.7 Å². The number of rotatable bonds is 5. The van der Waals surface area contributed by atoms with Crippen LogP contribution in [-0.4, -0.2) is 26.9 Å². The molecule has 2 aromatic rings. The minimum absolute atomic E-state index is 0.141. The van der Waals surface area contributed by atoms with Crippen LogP contribution in [0.1, 0.15) is 38.3 Å². The van der Waals surface area contributed by atoms with E-state index < -0.39 is 0 Å². The number of allylic oxidation sites excluding steroid dienone is 5. The van der Waals surface area contributed by atoms with Crippen molar-refractivity contribution in [1.29, 1.82) is 0 Å². The number of aromatic nitrogens is 4. The number of ether oxygens (including phenoxy) is 1. The van der Waals surface area contributed by atoms with Crippen molar-refractivity contribution in [3.05, 3.63) is 75.5 Å². The highest BCUT2D eigenvalue weighted by molar-refractivity contribution is 5.39. The van der Waals surface area contributed by atoms with E-state index in [2.05, 4.69) is 47.6 Å². The summed E-state index contributed by atoms with van der Waals surface area (Å²) in [6, 6.07) is 0. The van der Waals surface area contributed by atoms with Crippen molar-refractivity contribution in [2.75, 3.05) is 7.11 Å². The number of hydrogen-bond donors (Lipinski definition) is 0. The second-order valence-corrected chi connectivity index (χ2v) is 7.15. The number of hydrogen-bond acceptors (Lipinski definition) is 5. The van der Waals surface area contributed by atoms with E-state index in [1.165, 1.54) is 28.2 Å². The smallest absolute Gasteiger partial charge is 0.277 e. The monoisotopic (exact) mass is 378 g/mol. The molecule has 1 unspecified atom stereocenters. The molecule has 6 heteroatoms. The quantitative estimate of drug-likeness (QED) is 0.744. The lowest BCUT2D eigenvalue weighted by molar-refractivity contribution is 0.410. The molecule has 1 aliphatic rings. The van der Waals surface area contributed by atoms with Crippen LogP contribution in [0.4, 0.5) is 0 Å². The highest BCUT2D eigenvalue weighted by atomic mass is 16.5. The summed E-state index contributed by atoms with van der Waals surface area (Å²) in [6.07, 6.45) is 11.6. The molecule has 0 saturated carbocycles. The molecule has 0 amide bonds. The Bertz CT molecular complexity index is 1000. The molecule has 6 nitrogen and oxygen atoms in total. The van der Waals surface area contributed by atoms with E-state index in [9.17, 15) is 4.79 Å². The fourth-order valence-electron chi connectivity index (χ4n) is 3.82. The third-order valence-electron chi connectivity index (χ3n) is 5.09.